The lowest BCUT2D eigenvalue weighted by molar-refractivity contribution is 0.0981. The monoisotopic (exact) mass is 350 g/mol. The summed E-state index contributed by atoms with van der Waals surface area (Å²) in [4.78, 5) is 15.6. The summed E-state index contributed by atoms with van der Waals surface area (Å²) in [5, 5.41) is 0.469. The van der Waals surface area contributed by atoms with Crippen molar-refractivity contribution in [1.82, 2.24) is 9.71 Å². The van der Waals surface area contributed by atoms with Gasteiger partial charge in [-0.25, -0.2) is 18.1 Å². The Morgan fingerprint density at radius 1 is 1.35 bits per heavy atom. The second-order valence-corrected chi connectivity index (χ2v) is 7.78. The first-order chi connectivity index (χ1) is 9.29. The molecule has 1 N–H and O–H groups in total. The molecule has 0 aliphatic heterocycles. The molecule has 0 saturated heterocycles. The van der Waals surface area contributed by atoms with E-state index in [4.69, 9.17) is 23.2 Å². The van der Waals surface area contributed by atoms with Gasteiger partial charge in [-0.3, -0.25) is 4.79 Å². The van der Waals surface area contributed by atoms with Crippen LogP contribution >= 0.6 is 34.5 Å². The summed E-state index contributed by atoms with van der Waals surface area (Å²) in [5.41, 5.74) is 0.807. The van der Waals surface area contributed by atoms with Gasteiger partial charge in [0, 0.05) is 10.6 Å². The summed E-state index contributed by atoms with van der Waals surface area (Å²) in [6.45, 7) is 1.66. The van der Waals surface area contributed by atoms with Crippen LogP contribution in [0.2, 0.25) is 9.49 Å². The van der Waals surface area contributed by atoms with Crippen LogP contribution in [-0.2, 0) is 10.0 Å². The first-order valence-electron chi connectivity index (χ1n) is 5.24. The number of thiazole rings is 1. The Hall–Kier alpha value is -1.15. The Labute approximate surface area is 129 Å². The van der Waals surface area contributed by atoms with Gasteiger partial charge in [-0.2, -0.15) is 0 Å². The van der Waals surface area contributed by atoms with Gasteiger partial charge >= 0.3 is 0 Å². The first kappa shape index (κ1) is 15.2. The molecule has 2 aromatic rings. The van der Waals surface area contributed by atoms with Gasteiger partial charge < -0.3 is 0 Å². The van der Waals surface area contributed by atoms with Crippen molar-refractivity contribution in [2.75, 3.05) is 0 Å². The van der Waals surface area contributed by atoms with Crippen molar-refractivity contribution in [3.05, 3.63) is 45.0 Å². The second kappa shape index (κ2) is 5.69. The third kappa shape index (κ3) is 3.29. The molecule has 0 unspecified atom stereocenters. The number of carbonyl (C=O) groups is 1. The molecule has 20 heavy (non-hydrogen) atoms. The number of aromatic nitrogens is 1. The minimum absolute atomic E-state index is 0.0838. The fraction of sp³-hybridized carbons (Fsp3) is 0.0909. The minimum atomic E-state index is -3.97. The number of benzene rings is 1. The zero-order valence-electron chi connectivity index (χ0n) is 10.1. The Morgan fingerprint density at radius 3 is 2.60 bits per heavy atom. The number of sulfonamides is 1. The normalized spacial score (nSPS) is 11.3. The van der Waals surface area contributed by atoms with Crippen LogP contribution in [0.3, 0.4) is 0 Å². The highest BCUT2D eigenvalue weighted by atomic mass is 35.5. The van der Waals surface area contributed by atoms with Crippen LogP contribution in [0.1, 0.15) is 15.9 Å². The maximum absolute atomic E-state index is 12.0. The quantitative estimate of drug-likeness (QED) is 0.923. The fourth-order valence-corrected chi connectivity index (χ4v) is 3.96. The minimum Gasteiger partial charge on any atom is -0.268 e. The van der Waals surface area contributed by atoms with Gasteiger partial charge in [0.25, 0.3) is 15.9 Å². The van der Waals surface area contributed by atoms with E-state index in [2.05, 4.69) is 4.98 Å². The van der Waals surface area contributed by atoms with Crippen molar-refractivity contribution >= 4 is 50.5 Å². The highest BCUT2D eigenvalue weighted by Crippen LogP contribution is 2.22. The van der Waals surface area contributed by atoms with E-state index in [0.29, 0.717) is 10.6 Å². The summed E-state index contributed by atoms with van der Waals surface area (Å²) >= 11 is 12.1. The first-order valence-corrected chi connectivity index (χ1v) is 8.30. The van der Waals surface area contributed by atoms with Crippen molar-refractivity contribution in [3.63, 3.8) is 0 Å². The van der Waals surface area contributed by atoms with Gasteiger partial charge in [0.2, 0.25) is 0 Å². The van der Waals surface area contributed by atoms with Gasteiger partial charge in [0.1, 0.15) is 0 Å². The number of nitrogens with one attached hydrogen (secondary N) is 1. The van der Waals surface area contributed by atoms with E-state index in [1.165, 1.54) is 12.1 Å². The van der Waals surface area contributed by atoms with Gasteiger partial charge in [-0.15, -0.1) is 0 Å². The highest BCUT2D eigenvalue weighted by molar-refractivity contribution is 7.92. The molecule has 9 heteroatoms. The molecule has 1 amide bonds. The van der Waals surface area contributed by atoms with E-state index in [1.807, 2.05) is 4.72 Å². The number of amides is 1. The molecule has 0 atom stereocenters. The van der Waals surface area contributed by atoms with Crippen LogP contribution < -0.4 is 4.72 Å². The van der Waals surface area contributed by atoms with Crippen LogP contribution in [0.15, 0.2) is 28.6 Å². The molecule has 0 bridgehead atoms. The molecule has 1 aromatic carbocycles. The summed E-state index contributed by atoms with van der Waals surface area (Å²) in [6, 6.07) is 4.55. The molecule has 0 fully saturated rings. The molecule has 5 nitrogen and oxygen atoms in total. The molecule has 0 aliphatic rings. The molecule has 1 aromatic heterocycles. The molecular formula is C11H8Cl2N2O3S2. The zero-order chi connectivity index (χ0) is 14.9. The topological polar surface area (TPSA) is 76.1 Å². The van der Waals surface area contributed by atoms with Crippen molar-refractivity contribution < 1.29 is 13.2 Å². The lowest BCUT2D eigenvalue weighted by Crippen LogP contribution is -2.30. The highest BCUT2D eigenvalue weighted by Gasteiger charge is 2.22. The van der Waals surface area contributed by atoms with Gasteiger partial charge in [0.05, 0.1) is 6.20 Å². The SMILES string of the molecule is Cc1cc(Cl)ccc1C(=O)NS(=O)(=O)c1cnc(Cl)s1. The van der Waals surface area contributed by atoms with Gasteiger partial charge in [-0.05, 0) is 30.7 Å². The third-order valence-electron chi connectivity index (χ3n) is 2.38. The van der Waals surface area contributed by atoms with Crippen molar-refractivity contribution in [2.45, 2.75) is 11.1 Å². The van der Waals surface area contributed by atoms with Crippen LogP contribution in [0.4, 0.5) is 0 Å². The van der Waals surface area contributed by atoms with E-state index in [9.17, 15) is 13.2 Å². The van der Waals surface area contributed by atoms with E-state index in [0.717, 1.165) is 17.5 Å². The number of halogens is 2. The zero-order valence-corrected chi connectivity index (χ0v) is 13.2. The lowest BCUT2D eigenvalue weighted by atomic mass is 10.1. The largest absolute Gasteiger partial charge is 0.275 e. The fourth-order valence-electron chi connectivity index (χ4n) is 1.47. The molecule has 0 aliphatic carbocycles. The van der Waals surface area contributed by atoms with E-state index in [-0.39, 0.29) is 14.2 Å². The second-order valence-electron chi connectivity index (χ2n) is 3.83. The van der Waals surface area contributed by atoms with Crippen LogP contribution in [0.25, 0.3) is 0 Å². The van der Waals surface area contributed by atoms with E-state index in [1.54, 1.807) is 13.0 Å². The van der Waals surface area contributed by atoms with Crippen molar-refractivity contribution in [3.8, 4) is 0 Å². The Kier molecular flexibility index (Phi) is 4.33. The number of rotatable bonds is 3. The van der Waals surface area contributed by atoms with Gasteiger partial charge in [-0.1, -0.05) is 34.5 Å². The number of carbonyl (C=O) groups excluding carboxylic acids is 1. The smallest absolute Gasteiger partial charge is 0.268 e. The van der Waals surface area contributed by atoms with Crippen LogP contribution in [0, 0.1) is 6.92 Å². The predicted molar refractivity (Wildman–Crippen MR) is 78.0 cm³/mol. The molecule has 106 valence electrons. The lowest BCUT2D eigenvalue weighted by Gasteiger charge is -2.07. The number of nitrogens with zero attached hydrogens (tertiary/aromatic N) is 1. The summed E-state index contributed by atoms with van der Waals surface area (Å²) in [7, 11) is -3.97. The average Bonchev–Trinajstić information content (AvgIpc) is 2.75. The molecule has 0 radical (unpaired) electrons. The Bertz CT molecular complexity index is 772. The van der Waals surface area contributed by atoms with E-state index >= 15 is 0 Å². The third-order valence-corrected chi connectivity index (χ3v) is 5.52. The van der Waals surface area contributed by atoms with Crippen molar-refractivity contribution in [1.29, 1.82) is 0 Å². The maximum Gasteiger partial charge on any atom is 0.275 e. The number of hydrogen-bond acceptors (Lipinski definition) is 5. The molecular weight excluding hydrogens is 343 g/mol. The Balaban J connectivity index is 2.27. The number of hydrogen-bond donors (Lipinski definition) is 1. The molecule has 1 heterocycles. The Morgan fingerprint density at radius 2 is 2.05 bits per heavy atom. The van der Waals surface area contributed by atoms with Gasteiger partial charge in [0.15, 0.2) is 8.68 Å². The molecule has 0 saturated carbocycles. The summed E-state index contributed by atoms with van der Waals surface area (Å²) < 4.78 is 25.8. The molecule has 2 rings (SSSR count). The summed E-state index contributed by atoms with van der Waals surface area (Å²) in [5.74, 6) is -0.733. The molecule has 0 spiro atoms. The maximum atomic E-state index is 12.0. The number of aryl methyl sites for hydroxylation is 1. The van der Waals surface area contributed by atoms with Crippen molar-refractivity contribution in [2.24, 2.45) is 0 Å². The average molecular weight is 351 g/mol. The van der Waals surface area contributed by atoms with Crippen LogP contribution in [-0.4, -0.2) is 19.3 Å². The predicted octanol–water partition coefficient (Wildman–Crippen LogP) is 2.88. The van der Waals surface area contributed by atoms with Crippen LogP contribution in [0.5, 0.6) is 0 Å². The van der Waals surface area contributed by atoms with E-state index < -0.39 is 15.9 Å². The summed E-state index contributed by atoms with van der Waals surface area (Å²) in [6.07, 6.45) is 1.09. The standard InChI is InChI=1S/C11H8Cl2N2O3S2/c1-6-4-7(12)2-3-8(6)10(16)15-20(17,18)9-5-14-11(13)19-9/h2-5H,1H3,(H,15,16).